The molecular formula is C12H7BrClN3O3. The molecule has 0 bridgehead atoms. The molecule has 8 heteroatoms. The van der Waals surface area contributed by atoms with E-state index in [1.807, 2.05) is 0 Å². The summed E-state index contributed by atoms with van der Waals surface area (Å²) >= 11 is 8.98. The molecule has 1 N–H and O–H groups in total. The molecule has 0 spiro atoms. The van der Waals surface area contributed by atoms with E-state index >= 15 is 0 Å². The Morgan fingerprint density at radius 1 is 1.40 bits per heavy atom. The standard InChI is InChI=1S/C12H7BrClN3O3/c13-8-2-1-5-15-11(8)12(18)16-7-3-4-10(17(19)20)9(14)6-7/h1-6H,(H,16,18). The Morgan fingerprint density at radius 3 is 2.75 bits per heavy atom. The number of nitro benzene ring substituents is 1. The summed E-state index contributed by atoms with van der Waals surface area (Å²) in [5.41, 5.74) is 0.341. The third-order valence-electron chi connectivity index (χ3n) is 2.38. The highest BCUT2D eigenvalue weighted by Crippen LogP contribution is 2.27. The van der Waals surface area contributed by atoms with Crippen LogP contribution in [0.4, 0.5) is 11.4 Å². The molecule has 2 rings (SSSR count). The number of benzene rings is 1. The van der Waals surface area contributed by atoms with Crippen molar-refractivity contribution in [3.63, 3.8) is 0 Å². The number of hydrogen-bond donors (Lipinski definition) is 1. The lowest BCUT2D eigenvalue weighted by atomic mass is 10.2. The van der Waals surface area contributed by atoms with E-state index in [-0.39, 0.29) is 16.4 Å². The molecule has 0 atom stereocenters. The van der Waals surface area contributed by atoms with Crippen LogP contribution in [0, 0.1) is 10.1 Å². The van der Waals surface area contributed by atoms with Gasteiger partial charge in [0.2, 0.25) is 0 Å². The van der Waals surface area contributed by atoms with Crippen LogP contribution in [0.1, 0.15) is 10.5 Å². The lowest BCUT2D eigenvalue weighted by molar-refractivity contribution is -0.384. The average molecular weight is 357 g/mol. The van der Waals surface area contributed by atoms with Crippen molar-refractivity contribution < 1.29 is 9.72 Å². The smallest absolute Gasteiger partial charge is 0.288 e. The Balaban J connectivity index is 2.23. The van der Waals surface area contributed by atoms with Gasteiger partial charge in [-0.1, -0.05) is 11.6 Å². The van der Waals surface area contributed by atoms with Crippen molar-refractivity contribution in [2.45, 2.75) is 0 Å². The number of nitrogens with one attached hydrogen (secondary N) is 1. The molecule has 1 aromatic heterocycles. The largest absolute Gasteiger partial charge is 0.321 e. The van der Waals surface area contributed by atoms with E-state index in [0.717, 1.165) is 0 Å². The predicted molar refractivity (Wildman–Crippen MR) is 78.0 cm³/mol. The molecule has 0 radical (unpaired) electrons. The Labute approximate surface area is 127 Å². The van der Waals surface area contributed by atoms with Crippen molar-refractivity contribution in [1.82, 2.24) is 4.98 Å². The summed E-state index contributed by atoms with van der Waals surface area (Å²) in [6.45, 7) is 0. The SMILES string of the molecule is O=C(Nc1ccc([N+](=O)[O-])c(Cl)c1)c1ncccc1Br. The first-order chi connectivity index (χ1) is 9.49. The van der Waals surface area contributed by atoms with Crippen LogP contribution in [-0.4, -0.2) is 15.8 Å². The van der Waals surface area contributed by atoms with Gasteiger partial charge in [-0.3, -0.25) is 14.9 Å². The van der Waals surface area contributed by atoms with Crippen LogP contribution < -0.4 is 5.32 Å². The van der Waals surface area contributed by atoms with Crippen LogP contribution in [0.15, 0.2) is 41.0 Å². The number of anilines is 1. The molecule has 0 aliphatic carbocycles. The zero-order chi connectivity index (χ0) is 14.7. The van der Waals surface area contributed by atoms with Crippen molar-refractivity contribution in [2.24, 2.45) is 0 Å². The van der Waals surface area contributed by atoms with Gasteiger partial charge in [0.25, 0.3) is 11.6 Å². The van der Waals surface area contributed by atoms with Crippen molar-refractivity contribution in [3.8, 4) is 0 Å². The fourth-order valence-electron chi connectivity index (χ4n) is 1.48. The fourth-order valence-corrected chi connectivity index (χ4v) is 2.16. The van der Waals surface area contributed by atoms with Gasteiger partial charge in [-0.25, -0.2) is 4.98 Å². The van der Waals surface area contributed by atoms with Crippen LogP contribution in [0.3, 0.4) is 0 Å². The maximum absolute atomic E-state index is 12.0. The number of aromatic nitrogens is 1. The number of nitro groups is 1. The van der Waals surface area contributed by atoms with Gasteiger partial charge in [-0.05, 0) is 40.2 Å². The number of pyridine rings is 1. The number of carbonyl (C=O) groups excluding carboxylic acids is 1. The lowest BCUT2D eigenvalue weighted by Gasteiger charge is -2.06. The van der Waals surface area contributed by atoms with E-state index in [4.69, 9.17) is 11.6 Å². The van der Waals surface area contributed by atoms with Gasteiger partial charge in [0.15, 0.2) is 0 Å². The molecule has 2 aromatic rings. The summed E-state index contributed by atoms with van der Waals surface area (Å²) < 4.78 is 0.547. The summed E-state index contributed by atoms with van der Waals surface area (Å²) in [6.07, 6.45) is 1.49. The third kappa shape index (κ3) is 3.12. The number of halogens is 2. The average Bonchev–Trinajstić information content (AvgIpc) is 2.38. The molecule has 0 aliphatic heterocycles. The maximum Gasteiger partial charge on any atom is 0.288 e. The topological polar surface area (TPSA) is 85.1 Å². The van der Waals surface area contributed by atoms with Crippen molar-refractivity contribution in [1.29, 1.82) is 0 Å². The second-order valence-corrected chi connectivity index (χ2v) is 4.97. The number of nitrogens with zero attached hydrogens (tertiary/aromatic N) is 2. The van der Waals surface area contributed by atoms with Gasteiger partial charge in [0, 0.05) is 22.4 Å². The molecular weight excluding hydrogens is 350 g/mol. The van der Waals surface area contributed by atoms with E-state index in [2.05, 4.69) is 26.2 Å². The van der Waals surface area contributed by atoms with Crippen LogP contribution in [0.25, 0.3) is 0 Å². The van der Waals surface area contributed by atoms with E-state index < -0.39 is 10.8 Å². The van der Waals surface area contributed by atoms with Crippen LogP contribution in [0.5, 0.6) is 0 Å². The van der Waals surface area contributed by atoms with E-state index in [1.54, 1.807) is 12.1 Å². The first kappa shape index (κ1) is 14.4. The summed E-state index contributed by atoms with van der Waals surface area (Å²) in [4.78, 5) is 26.0. The highest BCUT2D eigenvalue weighted by molar-refractivity contribution is 9.10. The Hall–Kier alpha value is -1.99. The molecule has 0 saturated carbocycles. The number of hydrogen-bond acceptors (Lipinski definition) is 4. The van der Waals surface area contributed by atoms with Gasteiger partial charge in [0.05, 0.1) is 4.92 Å². The van der Waals surface area contributed by atoms with Gasteiger partial charge in [-0.2, -0.15) is 0 Å². The van der Waals surface area contributed by atoms with Crippen molar-refractivity contribution in [2.75, 3.05) is 5.32 Å². The second kappa shape index (κ2) is 5.98. The summed E-state index contributed by atoms with van der Waals surface area (Å²) in [6, 6.07) is 7.31. The fraction of sp³-hybridized carbons (Fsp3) is 0. The normalized spacial score (nSPS) is 10.1. The zero-order valence-corrected chi connectivity index (χ0v) is 12.2. The molecule has 0 fully saturated rings. The lowest BCUT2D eigenvalue weighted by Crippen LogP contribution is -2.14. The number of carbonyl (C=O) groups is 1. The molecule has 0 saturated heterocycles. The van der Waals surface area contributed by atoms with Crippen molar-refractivity contribution in [3.05, 3.63) is 61.8 Å². The summed E-state index contributed by atoms with van der Waals surface area (Å²) in [5.74, 6) is -0.442. The second-order valence-electron chi connectivity index (χ2n) is 3.71. The summed E-state index contributed by atoms with van der Waals surface area (Å²) in [7, 11) is 0. The quantitative estimate of drug-likeness (QED) is 0.672. The molecule has 102 valence electrons. The minimum Gasteiger partial charge on any atom is -0.321 e. The molecule has 6 nitrogen and oxygen atoms in total. The summed E-state index contributed by atoms with van der Waals surface area (Å²) in [5, 5.41) is 13.2. The molecule has 0 aliphatic rings. The molecule has 20 heavy (non-hydrogen) atoms. The molecule has 1 aromatic carbocycles. The van der Waals surface area contributed by atoms with Crippen LogP contribution in [0.2, 0.25) is 5.02 Å². The van der Waals surface area contributed by atoms with Crippen LogP contribution in [-0.2, 0) is 0 Å². The minimum atomic E-state index is -0.594. The maximum atomic E-state index is 12.0. The number of rotatable bonds is 3. The third-order valence-corrected chi connectivity index (χ3v) is 3.32. The first-order valence-corrected chi connectivity index (χ1v) is 6.52. The molecule has 1 heterocycles. The Kier molecular flexibility index (Phi) is 4.31. The Bertz CT molecular complexity index is 693. The molecule has 0 unspecified atom stereocenters. The minimum absolute atomic E-state index is 0.0483. The molecule has 1 amide bonds. The monoisotopic (exact) mass is 355 g/mol. The zero-order valence-electron chi connectivity index (χ0n) is 9.84. The van der Waals surface area contributed by atoms with Crippen molar-refractivity contribution >= 4 is 44.8 Å². The predicted octanol–water partition coefficient (Wildman–Crippen LogP) is 3.66. The van der Waals surface area contributed by atoms with E-state index in [1.165, 1.54) is 24.4 Å². The van der Waals surface area contributed by atoms with Gasteiger partial charge in [0.1, 0.15) is 10.7 Å². The highest BCUT2D eigenvalue weighted by Gasteiger charge is 2.15. The first-order valence-electron chi connectivity index (χ1n) is 5.35. The van der Waals surface area contributed by atoms with E-state index in [0.29, 0.717) is 10.2 Å². The van der Waals surface area contributed by atoms with Gasteiger partial charge >= 0.3 is 0 Å². The number of amides is 1. The Morgan fingerprint density at radius 2 is 2.15 bits per heavy atom. The highest BCUT2D eigenvalue weighted by atomic mass is 79.9. The van der Waals surface area contributed by atoms with Crippen LogP contribution >= 0.6 is 27.5 Å². The van der Waals surface area contributed by atoms with E-state index in [9.17, 15) is 14.9 Å². The van der Waals surface area contributed by atoms with Gasteiger partial charge in [-0.15, -0.1) is 0 Å². The van der Waals surface area contributed by atoms with Gasteiger partial charge < -0.3 is 5.32 Å².